The van der Waals surface area contributed by atoms with Crippen molar-refractivity contribution in [3.05, 3.63) is 58.1 Å². The van der Waals surface area contributed by atoms with Gasteiger partial charge in [-0.25, -0.2) is 4.39 Å². The zero-order valence-electron chi connectivity index (χ0n) is 13.4. The lowest BCUT2D eigenvalue weighted by molar-refractivity contribution is 0.0951. The first kappa shape index (κ1) is 16.9. The van der Waals surface area contributed by atoms with Crippen LogP contribution in [0.2, 0.25) is 0 Å². The number of pyridine rings is 1. The molecule has 2 N–H and O–H groups in total. The van der Waals surface area contributed by atoms with Gasteiger partial charge in [-0.05, 0) is 60.7 Å². The van der Waals surface area contributed by atoms with Crippen molar-refractivity contribution in [3.8, 4) is 11.3 Å². The Morgan fingerprint density at radius 1 is 1.17 bits per heavy atom. The third-order valence-corrected chi connectivity index (χ3v) is 3.55. The summed E-state index contributed by atoms with van der Waals surface area (Å²) >= 11 is 0. The second kappa shape index (κ2) is 7.72. The standard InChI is InChI=1S/C18H21FN2O2/c1-12(2)4-3-11-20-17(22)15-9-10-16(21-18(15)23)13-5-7-14(19)8-6-13/h5-10,12H,3-4,11H2,1-2H3,(H,20,22)(H,21,23). The molecule has 23 heavy (non-hydrogen) atoms. The number of aromatic amines is 1. The maximum atomic E-state index is 12.9. The summed E-state index contributed by atoms with van der Waals surface area (Å²) in [4.78, 5) is 26.8. The molecule has 0 bridgehead atoms. The van der Waals surface area contributed by atoms with Crippen molar-refractivity contribution in [1.82, 2.24) is 10.3 Å². The molecule has 2 aromatic rings. The lowest BCUT2D eigenvalue weighted by atomic mass is 10.1. The van der Waals surface area contributed by atoms with Crippen LogP contribution in [0.3, 0.4) is 0 Å². The van der Waals surface area contributed by atoms with E-state index in [1.807, 2.05) is 0 Å². The third-order valence-electron chi connectivity index (χ3n) is 3.55. The van der Waals surface area contributed by atoms with Gasteiger partial charge < -0.3 is 10.3 Å². The molecule has 0 saturated carbocycles. The molecule has 2 rings (SSSR count). The number of hydrogen-bond donors (Lipinski definition) is 2. The van der Waals surface area contributed by atoms with Gasteiger partial charge in [0.1, 0.15) is 11.4 Å². The van der Waals surface area contributed by atoms with Crippen LogP contribution in [0.1, 0.15) is 37.0 Å². The molecule has 0 radical (unpaired) electrons. The van der Waals surface area contributed by atoms with Gasteiger partial charge in [0, 0.05) is 12.2 Å². The van der Waals surface area contributed by atoms with Crippen molar-refractivity contribution >= 4 is 5.91 Å². The quantitative estimate of drug-likeness (QED) is 0.803. The number of carbonyl (C=O) groups excluding carboxylic acids is 1. The van der Waals surface area contributed by atoms with Gasteiger partial charge in [-0.3, -0.25) is 9.59 Å². The molecule has 1 aromatic carbocycles. The zero-order chi connectivity index (χ0) is 16.8. The second-order valence-corrected chi connectivity index (χ2v) is 5.91. The van der Waals surface area contributed by atoms with Crippen LogP contribution in [0.5, 0.6) is 0 Å². The molecule has 1 heterocycles. The van der Waals surface area contributed by atoms with Crippen molar-refractivity contribution in [3.63, 3.8) is 0 Å². The van der Waals surface area contributed by atoms with Crippen LogP contribution >= 0.6 is 0 Å². The van der Waals surface area contributed by atoms with Gasteiger partial charge in [0.2, 0.25) is 0 Å². The average Bonchev–Trinajstić information content (AvgIpc) is 2.51. The van der Waals surface area contributed by atoms with Gasteiger partial charge in [0.05, 0.1) is 0 Å². The highest BCUT2D eigenvalue weighted by Crippen LogP contribution is 2.16. The van der Waals surface area contributed by atoms with E-state index in [1.54, 1.807) is 18.2 Å². The van der Waals surface area contributed by atoms with Crippen LogP contribution in [0.25, 0.3) is 11.3 Å². The average molecular weight is 316 g/mol. The summed E-state index contributed by atoms with van der Waals surface area (Å²) in [5.74, 6) is -0.126. The van der Waals surface area contributed by atoms with Crippen LogP contribution in [0, 0.1) is 11.7 Å². The van der Waals surface area contributed by atoms with E-state index in [2.05, 4.69) is 24.1 Å². The molecule has 1 aromatic heterocycles. The summed E-state index contributed by atoms with van der Waals surface area (Å²) < 4.78 is 12.9. The summed E-state index contributed by atoms with van der Waals surface area (Å²) in [6.45, 7) is 4.80. The Morgan fingerprint density at radius 2 is 1.87 bits per heavy atom. The highest BCUT2D eigenvalue weighted by Gasteiger charge is 2.11. The predicted molar refractivity (Wildman–Crippen MR) is 88.9 cm³/mol. The molecule has 0 spiro atoms. The topological polar surface area (TPSA) is 62.0 Å². The largest absolute Gasteiger partial charge is 0.352 e. The Balaban J connectivity index is 2.05. The molecule has 0 aliphatic carbocycles. The van der Waals surface area contributed by atoms with Gasteiger partial charge in [-0.1, -0.05) is 13.8 Å². The fourth-order valence-corrected chi connectivity index (χ4v) is 2.26. The number of hydrogen-bond acceptors (Lipinski definition) is 2. The SMILES string of the molecule is CC(C)CCCNC(=O)c1ccc(-c2ccc(F)cc2)[nH]c1=O. The van der Waals surface area contributed by atoms with Crippen LogP contribution in [0.4, 0.5) is 4.39 Å². The van der Waals surface area contributed by atoms with E-state index in [-0.39, 0.29) is 17.3 Å². The maximum absolute atomic E-state index is 12.9. The van der Waals surface area contributed by atoms with Gasteiger partial charge >= 0.3 is 0 Å². The third kappa shape index (κ3) is 4.77. The first-order valence-corrected chi connectivity index (χ1v) is 7.75. The van der Waals surface area contributed by atoms with Crippen LogP contribution in [0.15, 0.2) is 41.2 Å². The van der Waals surface area contributed by atoms with Crippen LogP contribution in [-0.2, 0) is 0 Å². The van der Waals surface area contributed by atoms with Crippen LogP contribution in [-0.4, -0.2) is 17.4 Å². The van der Waals surface area contributed by atoms with E-state index in [4.69, 9.17) is 0 Å². The lowest BCUT2D eigenvalue weighted by Gasteiger charge is -2.07. The van der Waals surface area contributed by atoms with Crippen molar-refractivity contribution in [1.29, 1.82) is 0 Å². The van der Waals surface area contributed by atoms with E-state index in [0.29, 0.717) is 23.7 Å². The molecule has 1 amide bonds. The Kier molecular flexibility index (Phi) is 5.68. The Morgan fingerprint density at radius 3 is 2.48 bits per heavy atom. The van der Waals surface area contributed by atoms with E-state index in [9.17, 15) is 14.0 Å². The number of benzene rings is 1. The molecule has 0 saturated heterocycles. The summed E-state index contributed by atoms with van der Waals surface area (Å²) in [5.41, 5.74) is 0.868. The van der Waals surface area contributed by atoms with E-state index in [1.165, 1.54) is 18.2 Å². The highest BCUT2D eigenvalue weighted by molar-refractivity contribution is 5.94. The number of carbonyl (C=O) groups is 1. The van der Waals surface area contributed by atoms with Crippen molar-refractivity contribution in [2.45, 2.75) is 26.7 Å². The zero-order valence-corrected chi connectivity index (χ0v) is 13.4. The normalized spacial score (nSPS) is 10.8. The lowest BCUT2D eigenvalue weighted by Crippen LogP contribution is -2.30. The summed E-state index contributed by atoms with van der Waals surface area (Å²) in [6.07, 6.45) is 1.91. The maximum Gasteiger partial charge on any atom is 0.261 e. The second-order valence-electron chi connectivity index (χ2n) is 5.91. The number of aromatic nitrogens is 1. The Hall–Kier alpha value is -2.43. The molecule has 122 valence electrons. The minimum atomic E-state index is -0.451. The molecular formula is C18H21FN2O2. The molecule has 4 nitrogen and oxygen atoms in total. The molecule has 0 fully saturated rings. The summed E-state index contributed by atoms with van der Waals surface area (Å²) in [6, 6.07) is 8.94. The summed E-state index contributed by atoms with van der Waals surface area (Å²) in [7, 11) is 0. The minimum absolute atomic E-state index is 0.0837. The van der Waals surface area contributed by atoms with E-state index in [0.717, 1.165) is 12.8 Å². The molecule has 0 unspecified atom stereocenters. The first-order chi connectivity index (χ1) is 11.0. The first-order valence-electron chi connectivity index (χ1n) is 7.75. The number of halogens is 1. The van der Waals surface area contributed by atoms with Crippen molar-refractivity contribution in [2.24, 2.45) is 5.92 Å². The molecule has 0 aliphatic heterocycles. The van der Waals surface area contributed by atoms with Gasteiger partial charge in [0.25, 0.3) is 11.5 Å². The molecular weight excluding hydrogens is 295 g/mol. The number of nitrogens with one attached hydrogen (secondary N) is 2. The number of rotatable bonds is 6. The van der Waals surface area contributed by atoms with E-state index < -0.39 is 5.56 Å². The number of amides is 1. The Bertz CT molecular complexity index is 721. The highest BCUT2D eigenvalue weighted by atomic mass is 19.1. The fraction of sp³-hybridized carbons (Fsp3) is 0.333. The molecule has 5 heteroatoms. The van der Waals surface area contributed by atoms with Gasteiger partial charge in [-0.2, -0.15) is 0 Å². The van der Waals surface area contributed by atoms with Crippen LogP contribution < -0.4 is 10.9 Å². The smallest absolute Gasteiger partial charge is 0.261 e. The summed E-state index contributed by atoms with van der Waals surface area (Å²) in [5, 5.41) is 2.75. The van der Waals surface area contributed by atoms with Crippen molar-refractivity contribution in [2.75, 3.05) is 6.54 Å². The minimum Gasteiger partial charge on any atom is -0.352 e. The Labute approximate surface area is 134 Å². The fourth-order valence-electron chi connectivity index (χ4n) is 2.26. The molecule has 0 aliphatic rings. The monoisotopic (exact) mass is 316 g/mol. The van der Waals surface area contributed by atoms with E-state index >= 15 is 0 Å². The molecule has 0 atom stereocenters. The number of H-pyrrole nitrogens is 1. The van der Waals surface area contributed by atoms with Gasteiger partial charge in [0.15, 0.2) is 0 Å². The van der Waals surface area contributed by atoms with Gasteiger partial charge in [-0.15, -0.1) is 0 Å². The van der Waals surface area contributed by atoms with Crippen molar-refractivity contribution < 1.29 is 9.18 Å². The predicted octanol–water partition coefficient (Wildman–Crippen LogP) is 3.35.